The van der Waals surface area contributed by atoms with E-state index in [0.717, 1.165) is 6.07 Å². The molecule has 2 N–H and O–H groups in total. The van der Waals surface area contributed by atoms with Crippen LogP contribution in [0.2, 0.25) is 0 Å². The van der Waals surface area contributed by atoms with Crippen molar-refractivity contribution in [2.24, 2.45) is 0 Å². The maximum Gasteiger partial charge on any atom is 0.299 e. The van der Waals surface area contributed by atoms with E-state index in [2.05, 4.69) is 5.32 Å². The van der Waals surface area contributed by atoms with Crippen LogP contribution in [0.1, 0.15) is 0 Å². The minimum Gasteiger partial charge on any atom is -0.394 e. The van der Waals surface area contributed by atoms with Gasteiger partial charge in [0.2, 0.25) is 0 Å². The molecule has 1 aromatic rings. The molecule has 18 heteroatoms. The van der Waals surface area contributed by atoms with Gasteiger partial charge >= 0.3 is 0 Å². The van der Waals surface area contributed by atoms with Gasteiger partial charge in [-0.2, -0.15) is 0 Å². The zero-order chi connectivity index (χ0) is 33.3. The molecule has 0 saturated carbocycles. The zero-order valence-corrected chi connectivity index (χ0v) is 26.3. The Bertz CT molecular complexity index is 885. The Balaban J connectivity index is 1.74. The van der Waals surface area contributed by atoms with Crippen molar-refractivity contribution in [1.29, 1.82) is 0 Å². The van der Waals surface area contributed by atoms with Crippen LogP contribution >= 0.6 is 0 Å². The first-order valence-electron chi connectivity index (χ1n) is 15.1. The molecule has 0 aliphatic rings. The average molecular weight is 668 g/mol. The molecule has 0 radical (unpaired) electrons. The number of nitro benzene ring substituents is 2. The number of hydrogen-bond donors (Lipinski definition) is 2. The fourth-order valence-electron chi connectivity index (χ4n) is 3.34. The van der Waals surface area contributed by atoms with Crippen molar-refractivity contribution in [3.05, 3.63) is 38.4 Å². The zero-order valence-electron chi connectivity index (χ0n) is 26.3. The summed E-state index contributed by atoms with van der Waals surface area (Å²) in [4.78, 5) is 20.6. The van der Waals surface area contributed by atoms with Crippen molar-refractivity contribution in [2.45, 2.75) is 0 Å². The molecule has 1 rings (SSSR count). The smallest absolute Gasteiger partial charge is 0.299 e. The molecule has 0 atom stereocenters. The Hall–Kier alpha value is -2.62. The van der Waals surface area contributed by atoms with Crippen LogP contribution in [0.5, 0.6) is 0 Å². The van der Waals surface area contributed by atoms with Crippen molar-refractivity contribution in [3.63, 3.8) is 0 Å². The largest absolute Gasteiger partial charge is 0.394 e. The summed E-state index contributed by atoms with van der Waals surface area (Å²) in [7, 11) is 0. The van der Waals surface area contributed by atoms with Gasteiger partial charge in [0.15, 0.2) is 0 Å². The van der Waals surface area contributed by atoms with Gasteiger partial charge in [-0.3, -0.25) is 20.2 Å². The van der Waals surface area contributed by atoms with Crippen molar-refractivity contribution in [1.82, 2.24) is 0 Å². The van der Waals surface area contributed by atoms with Crippen LogP contribution in [0.3, 0.4) is 0 Å². The van der Waals surface area contributed by atoms with Gasteiger partial charge in [-0.15, -0.1) is 0 Å². The molecule has 0 saturated heterocycles. The number of aliphatic hydroxyl groups excluding tert-OH is 1. The number of ether oxygens (including phenoxy) is 10. The lowest BCUT2D eigenvalue weighted by Crippen LogP contribution is -2.16. The number of non-ortho nitro benzene ring substituents is 1. The van der Waals surface area contributed by atoms with Crippen LogP contribution in [-0.2, 0) is 47.4 Å². The van der Waals surface area contributed by atoms with E-state index in [-0.39, 0.29) is 36.8 Å². The van der Waals surface area contributed by atoms with E-state index in [9.17, 15) is 20.2 Å². The third kappa shape index (κ3) is 24.6. The number of anilines is 1. The van der Waals surface area contributed by atoms with Gasteiger partial charge in [-0.25, -0.2) is 0 Å². The molecule has 0 unspecified atom stereocenters. The fraction of sp³-hybridized carbons (Fsp3) is 0.786. The second kappa shape index (κ2) is 31.0. The van der Waals surface area contributed by atoms with Gasteiger partial charge in [0.25, 0.3) is 11.4 Å². The van der Waals surface area contributed by atoms with Crippen LogP contribution < -0.4 is 5.32 Å². The Kier molecular flexibility index (Phi) is 27.9. The standard InChI is InChI=1S/C28H49N3O15/c32-4-6-38-8-10-40-12-14-42-16-18-44-20-22-46-24-23-45-21-19-43-17-15-41-13-11-39-9-7-37-5-3-29-27-2-1-26(30(33)34)25-28(27)31(35)36/h1-2,25,29,32H,3-24H2. The van der Waals surface area contributed by atoms with Crippen molar-refractivity contribution in [3.8, 4) is 0 Å². The van der Waals surface area contributed by atoms with E-state index in [1.165, 1.54) is 12.1 Å². The monoisotopic (exact) mass is 667 g/mol. The highest BCUT2D eigenvalue weighted by atomic mass is 16.6. The average Bonchev–Trinajstić information content (AvgIpc) is 3.05. The van der Waals surface area contributed by atoms with Crippen molar-refractivity contribution < 1.29 is 62.3 Å². The van der Waals surface area contributed by atoms with Gasteiger partial charge in [0, 0.05) is 12.6 Å². The molecular formula is C28H49N3O15. The molecular weight excluding hydrogens is 618 g/mol. The molecule has 1 aromatic carbocycles. The predicted molar refractivity (Wildman–Crippen MR) is 164 cm³/mol. The molecule has 0 spiro atoms. The molecule has 0 aliphatic carbocycles. The Labute approximate surface area is 268 Å². The molecule has 0 heterocycles. The maximum absolute atomic E-state index is 11.1. The van der Waals surface area contributed by atoms with Crippen molar-refractivity contribution >= 4 is 17.1 Å². The molecule has 18 nitrogen and oxygen atoms in total. The summed E-state index contributed by atoms with van der Waals surface area (Å²) < 4.78 is 53.8. The van der Waals surface area contributed by atoms with E-state index in [0.29, 0.717) is 126 Å². The molecule has 266 valence electrons. The molecule has 0 bridgehead atoms. The minimum absolute atomic E-state index is 0.0121. The van der Waals surface area contributed by atoms with Gasteiger partial charge in [-0.1, -0.05) is 0 Å². The molecule has 0 aliphatic heterocycles. The fourth-order valence-corrected chi connectivity index (χ4v) is 3.34. The second-order valence-corrected chi connectivity index (χ2v) is 8.99. The number of rotatable bonds is 35. The quantitative estimate of drug-likeness (QED) is 0.0589. The van der Waals surface area contributed by atoms with E-state index < -0.39 is 9.85 Å². The summed E-state index contributed by atoms with van der Waals surface area (Å²) in [5.41, 5.74) is -0.530. The number of aliphatic hydroxyl groups is 1. The Morgan fingerprint density at radius 2 is 0.826 bits per heavy atom. The SMILES string of the molecule is O=[N+]([O-])c1ccc(NCCOCCOCCOCCOCCOCCOCCOCCOCCOCCOCCO)c([N+](=O)[O-])c1. The van der Waals surface area contributed by atoms with E-state index in [1.54, 1.807) is 0 Å². The highest BCUT2D eigenvalue weighted by Crippen LogP contribution is 2.28. The third-order valence-electron chi connectivity index (χ3n) is 5.53. The molecule has 0 amide bonds. The highest BCUT2D eigenvalue weighted by molar-refractivity contribution is 5.65. The summed E-state index contributed by atoms with van der Waals surface area (Å²) in [5.74, 6) is 0. The first kappa shape index (κ1) is 41.4. The first-order chi connectivity index (χ1) is 22.6. The highest BCUT2D eigenvalue weighted by Gasteiger charge is 2.19. The summed E-state index contributed by atoms with van der Waals surface area (Å²) in [6, 6.07) is 3.42. The number of nitro groups is 2. The van der Waals surface area contributed by atoms with Crippen LogP contribution in [0.25, 0.3) is 0 Å². The van der Waals surface area contributed by atoms with Gasteiger partial charge < -0.3 is 57.8 Å². The topological polar surface area (TPSA) is 211 Å². The lowest BCUT2D eigenvalue weighted by molar-refractivity contribution is -0.393. The summed E-state index contributed by atoms with van der Waals surface area (Å²) in [5, 5.41) is 33.3. The molecule has 0 fully saturated rings. The number of benzene rings is 1. The van der Waals surface area contributed by atoms with Gasteiger partial charge in [0.1, 0.15) is 5.69 Å². The lowest BCUT2D eigenvalue weighted by Gasteiger charge is -2.09. The van der Waals surface area contributed by atoms with Crippen molar-refractivity contribution in [2.75, 3.05) is 151 Å². The minimum atomic E-state index is -0.683. The van der Waals surface area contributed by atoms with Gasteiger partial charge in [0.05, 0.1) is 155 Å². The first-order valence-corrected chi connectivity index (χ1v) is 15.1. The summed E-state index contributed by atoms with van der Waals surface area (Å²) in [6.45, 7) is 8.95. The molecule has 46 heavy (non-hydrogen) atoms. The number of nitrogens with zero attached hydrogens (tertiary/aromatic N) is 2. The van der Waals surface area contributed by atoms with E-state index >= 15 is 0 Å². The van der Waals surface area contributed by atoms with Crippen LogP contribution in [-0.4, -0.2) is 160 Å². The Morgan fingerprint density at radius 3 is 1.13 bits per heavy atom. The van der Waals surface area contributed by atoms with Crippen LogP contribution in [0.15, 0.2) is 18.2 Å². The predicted octanol–water partition coefficient (Wildman–Crippen LogP) is 1.07. The van der Waals surface area contributed by atoms with E-state index in [4.69, 9.17) is 52.5 Å². The lowest BCUT2D eigenvalue weighted by atomic mass is 10.2. The normalized spacial score (nSPS) is 11.2. The van der Waals surface area contributed by atoms with Gasteiger partial charge in [-0.05, 0) is 6.07 Å². The summed E-state index contributed by atoms with van der Waals surface area (Å²) >= 11 is 0. The number of hydrogen-bond acceptors (Lipinski definition) is 16. The summed E-state index contributed by atoms with van der Waals surface area (Å²) in [6.07, 6.45) is 0. The van der Waals surface area contributed by atoms with E-state index in [1.807, 2.05) is 0 Å². The van der Waals surface area contributed by atoms with Crippen LogP contribution in [0, 0.1) is 20.2 Å². The van der Waals surface area contributed by atoms with Crippen LogP contribution in [0.4, 0.5) is 17.1 Å². The second-order valence-electron chi connectivity index (χ2n) is 8.99. The maximum atomic E-state index is 11.1. The third-order valence-corrected chi connectivity index (χ3v) is 5.53. The Morgan fingerprint density at radius 1 is 0.500 bits per heavy atom. The number of nitrogens with one attached hydrogen (secondary N) is 1. The molecule has 0 aromatic heterocycles.